The van der Waals surface area contributed by atoms with Gasteiger partial charge < -0.3 is 11.1 Å². The van der Waals surface area contributed by atoms with Crippen LogP contribution in [0.15, 0.2) is 36.0 Å². The number of allylic oxidation sites excluding steroid dienone is 1. The predicted octanol–water partition coefficient (Wildman–Crippen LogP) is 2.49. The Labute approximate surface area is 83.6 Å². The van der Waals surface area contributed by atoms with Gasteiger partial charge in [0.25, 0.3) is 0 Å². The summed E-state index contributed by atoms with van der Waals surface area (Å²) in [7, 11) is 0. The first-order valence-electron chi connectivity index (χ1n) is 4.64. The molecule has 0 saturated heterocycles. The second-order valence-corrected chi connectivity index (χ2v) is 2.98. The van der Waals surface area contributed by atoms with Crippen LogP contribution in [0, 0.1) is 5.82 Å². The van der Waals surface area contributed by atoms with Crippen LogP contribution in [-0.2, 0) is 0 Å². The van der Waals surface area contributed by atoms with E-state index in [1.54, 1.807) is 12.1 Å². The summed E-state index contributed by atoms with van der Waals surface area (Å²) in [6, 6.07) is 6.26. The SMILES string of the molecule is C/C=C(/CCN)Nc1ccc(F)cc1. The zero-order valence-corrected chi connectivity index (χ0v) is 8.26. The summed E-state index contributed by atoms with van der Waals surface area (Å²) in [5, 5.41) is 3.17. The average Bonchev–Trinajstić information content (AvgIpc) is 2.20. The van der Waals surface area contributed by atoms with Crippen molar-refractivity contribution in [2.24, 2.45) is 5.73 Å². The maximum Gasteiger partial charge on any atom is 0.123 e. The average molecular weight is 194 g/mol. The molecule has 0 aliphatic heterocycles. The monoisotopic (exact) mass is 194 g/mol. The Hall–Kier alpha value is -1.35. The lowest BCUT2D eigenvalue weighted by molar-refractivity contribution is 0.628. The van der Waals surface area contributed by atoms with Crippen molar-refractivity contribution in [2.45, 2.75) is 13.3 Å². The Morgan fingerprint density at radius 1 is 1.43 bits per heavy atom. The van der Waals surface area contributed by atoms with Crippen molar-refractivity contribution in [1.82, 2.24) is 0 Å². The summed E-state index contributed by atoms with van der Waals surface area (Å²) in [6.07, 6.45) is 2.77. The molecule has 0 atom stereocenters. The molecule has 0 fully saturated rings. The van der Waals surface area contributed by atoms with Gasteiger partial charge in [-0.25, -0.2) is 4.39 Å². The Balaban J connectivity index is 2.63. The first-order chi connectivity index (χ1) is 6.76. The molecule has 0 spiro atoms. The van der Waals surface area contributed by atoms with Crippen molar-refractivity contribution in [1.29, 1.82) is 0 Å². The van der Waals surface area contributed by atoms with Crippen molar-refractivity contribution < 1.29 is 4.39 Å². The van der Waals surface area contributed by atoms with Gasteiger partial charge in [-0.05, 0) is 44.2 Å². The summed E-state index contributed by atoms with van der Waals surface area (Å²) >= 11 is 0. The molecular formula is C11H15FN2. The van der Waals surface area contributed by atoms with Crippen LogP contribution < -0.4 is 11.1 Å². The molecule has 3 heteroatoms. The van der Waals surface area contributed by atoms with Gasteiger partial charge in [0.05, 0.1) is 0 Å². The number of nitrogens with two attached hydrogens (primary N) is 1. The number of rotatable bonds is 4. The molecule has 0 heterocycles. The van der Waals surface area contributed by atoms with Gasteiger partial charge in [-0.2, -0.15) is 0 Å². The van der Waals surface area contributed by atoms with E-state index in [9.17, 15) is 4.39 Å². The van der Waals surface area contributed by atoms with Crippen LogP contribution in [0.3, 0.4) is 0 Å². The summed E-state index contributed by atoms with van der Waals surface area (Å²) in [4.78, 5) is 0. The van der Waals surface area contributed by atoms with E-state index in [4.69, 9.17) is 5.73 Å². The molecule has 0 amide bonds. The minimum atomic E-state index is -0.226. The van der Waals surface area contributed by atoms with Crippen LogP contribution in [0.25, 0.3) is 0 Å². The van der Waals surface area contributed by atoms with Crippen molar-refractivity contribution in [3.63, 3.8) is 0 Å². The minimum Gasteiger partial charge on any atom is -0.359 e. The van der Waals surface area contributed by atoms with Crippen LogP contribution >= 0.6 is 0 Å². The van der Waals surface area contributed by atoms with Crippen molar-refractivity contribution in [3.8, 4) is 0 Å². The molecule has 76 valence electrons. The third-order valence-corrected chi connectivity index (χ3v) is 1.91. The van der Waals surface area contributed by atoms with Crippen LogP contribution in [0.4, 0.5) is 10.1 Å². The van der Waals surface area contributed by atoms with E-state index < -0.39 is 0 Å². The topological polar surface area (TPSA) is 38.0 Å². The van der Waals surface area contributed by atoms with Gasteiger partial charge in [0, 0.05) is 11.4 Å². The molecule has 3 N–H and O–H groups in total. The lowest BCUT2D eigenvalue weighted by Crippen LogP contribution is -2.06. The lowest BCUT2D eigenvalue weighted by atomic mass is 10.2. The Kier molecular flexibility index (Phi) is 4.13. The predicted molar refractivity (Wildman–Crippen MR) is 57.5 cm³/mol. The third kappa shape index (κ3) is 3.18. The highest BCUT2D eigenvalue weighted by Gasteiger charge is 1.96. The largest absolute Gasteiger partial charge is 0.359 e. The number of anilines is 1. The molecule has 1 aromatic carbocycles. The fraction of sp³-hybridized carbons (Fsp3) is 0.273. The van der Waals surface area contributed by atoms with E-state index in [2.05, 4.69) is 5.32 Å². The van der Waals surface area contributed by atoms with Gasteiger partial charge >= 0.3 is 0 Å². The molecule has 1 rings (SSSR count). The molecule has 0 bridgehead atoms. The smallest absolute Gasteiger partial charge is 0.123 e. The summed E-state index contributed by atoms with van der Waals surface area (Å²) in [6.45, 7) is 2.55. The van der Waals surface area contributed by atoms with E-state index in [1.165, 1.54) is 12.1 Å². The Morgan fingerprint density at radius 2 is 2.07 bits per heavy atom. The Morgan fingerprint density at radius 3 is 2.57 bits per heavy atom. The van der Waals surface area contributed by atoms with Crippen LogP contribution in [0.1, 0.15) is 13.3 Å². The fourth-order valence-corrected chi connectivity index (χ4v) is 1.15. The molecule has 0 unspecified atom stereocenters. The van der Waals surface area contributed by atoms with Gasteiger partial charge in [0.15, 0.2) is 0 Å². The number of hydrogen-bond acceptors (Lipinski definition) is 2. The van der Waals surface area contributed by atoms with E-state index in [1.807, 2.05) is 13.0 Å². The third-order valence-electron chi connectivity index (χ3n) is 1.91. The molecule has 0 aliphatic carbocycles. The van der Waals surface area contributed by atoms with E-state index in [0.717, 1.165) is 17.8 Å². The van der Waals surface area contributed by atoms with Gasteiger partial charge in [0.2, 0.25) is 0 Å². The molecule has 14 heavy (non-hydrogen) atoms. The molecule has 0 saturated carbocycles. The summed E-state index contributed by atoms with van der Waals surface area (Å²) in [5.41, 5.74) is 7.38. The molecule has 1 aromatic rings. The molecule has 0 aliphatic rings. The van der Waals surface area contributed by atoms with Crippen molar-refractivity contribution in [3.05, 3.63) is 41.9 Å². The summed E-state index contributed by atoms with van der Waals surface area (Å²) in [5.74, 6) is -0.226. The first-order valence-corrected chi connectivity index (χ1v) is 4.64. The van der Waals surface area contributed by atoms with Crippen LogP contribution in [0.2, 0.25) is 0 Å². The van der Waals surface area contributed by atoms with Crippen molar-refractivity contribution >= 4 is 5.69 Å². The second-order valence-electron chi connectivity index (χ2n) is 2.98. The summed E-state index contributed by atoms with van der Waals surface area (Å²) < 4.78 is 12.6. The van der Waals surface area contributed by atoms with E-state index in [0.29, 0.717) is 6.54 Å². The lowest BCUT2D eigenvalue weighted by Gasteiger charge is -2.09. The highest BCUT2D eigenvalue weighted by molar-refractivity contribution is 5.47. The van der Waals surface area contributed by atoms with Gasteiger partial charge in [0.1, 0.15) is 5.82 Å². The van der Waals surface area contributed by atoms with Crippen LogP contribution in [0.5, 0.6) is 0 Å². The fourth-order valence-electron chi connectivity index (χ4n) is 1.15. The number of nitrogens with one attached hydrogen (secondary N) is 1. The maximum absolute atomic E-state index is 12.6. The first kappa shape index (κ1) is 10.7. The normalized spacial score (nSPS) is 11.5. The van der Waals surface area contributed by atoms with E-state index in [-0.39, 0.29) is 5.82 Å². The minimum absolute atomic E-state index is 0.226. The second kappa shape index (κ2) is 5.40. The quantitative estimate of drug-likeness (QED) is 0.772. The van der Waals surface area contributed by atoms with Gasteiger partial charge in [-0.1, -0.05) is 6.08 Å². The highest BCUT2D eigenvalue weighted by Crippen LogP contribution is 2.12. The molecule has 0 aromatic heterocycles. The zero-order valence-electron chi connectivity index (χ0n) is 8.26. The molecular weight excluding hydrogens is 179 g/mol. The Bertz CT molecular complexity index is 304. The van der Waals surface area contributed by atoms with Crippen molar-refractivity contribution in [2.75, 3.05) is 11.9 Å². The number of benzene rings is 1. The van der Waals surface area contributed by atoms with E-state index >= 15 is 0 Å². The highest BCUT2D eigenvalue weighted by atomic mass is 19.1. The standard InChI is InChI=1S/C11H15FN2/c1-2-10(7-8-13)14-11-5-3-9(12)4-6-11/h2-6,14H,7-8,13H2,1H3/b10-2-. The van der Waals surface area contributed by atoms with Gasteiger partial charge in [-0.15, -0.1) is 0 Å². The number of halogens is 1. The maximum atomic E-state index is 12.6. The molecule has 0 radical (unpaired) electrons. The van der Waals surface area contributed by atoms with Gasteiger partial charge in [-0.3, -0.25) is 0 Å². The number of hydrogen-bond donors (Lipinski definition) is 2. The zero-order chi connectivity index (χ0) is 10.4. The van der Waals surface area contributed by atoms with Crippen LogP contribution in [-0.4, -0.2) is 6.54 Å². The molecule has 2 nitrogen and oxygen atoms in total.